The molecule has 1 amide bonds. The SMILES string of the molecule is CC(C)(C)OC(=O)N1CC(C(F)c2c(F)cc(F)cc2F)C1. The molecule has 3 nitrogen and oxygen atoms in total. The summed E-state index contributed by atoms with van der Waals surface area (Å²) in [6, 6.07) is 0.880. The van der Waals surface area contributed by atoms with Crippen molar-refractivity contribution in [3.05, 3.63) is 35.1 Å². The minimum absolute atomic E-state index is 0.00760. The summed E-state index contributed by atoms with van der Waals surface area (Å²) in [7, 11) is 0. The predicted molar refractivity (Wildman–Crippen MR) is 71.5 cm³/mol. The molecule has 1 aliphatic heterocycles. The van der Waals surface area contributed by atoms with E-state index in [4.69, 9.17) is 4.74 Å². The van der Waals surface area contributed by atoms with E-state index in [1.165, 1.54) is 4.90 Å². The summed E-state index contributed by atoms with van der Waals surface area (Å²) in [4.78, 5) is 13.0. The lowest BCUT2D eigenvalue weighted by Gasteiger charge is -2.41. The molecule has 122 valence electrons. The molecule has 1 atom stereocenters. The van der Waals surface area contributed by atoms with Crippen molar-refractivity contribution in [1.29, 1.82) is 0 Å². The Morgan fingerprint density at radius 1 is 1.23 bits per heavy atom. The predicted octanol–water partition coefficient (Wildman–Crippen LogP) is 3.98. The van der Waals surface area contributed by atoms with Gasteiger partial charge in [0.05, 0.1) is 5.56 Å². The third-order valence-corrected chi connectivity index (χ3v) is 3.29. The number of ether oxygens (including phenoxy) is 1. The number of amides is 1. The van der Waals surface area contributed by atoms with Gasteiger partial charge in [0.2, 0.25) is 0 Å². The molecule has 1 fully saturated rings. The molecule has 1 aromatic carbocycles. The Morgan fingerprint density at radius 2 is 1.73 bits per heavy atom. The van der Waals surface area contributed by atoms with Gasteiger partial charge in [0.1, 0.15) is 29.2 Å². The van der Waals surface area contributed by atoms with Crippen LogP contribution in [-0.2, 0) is 4.74 Å². The zero-order valence-corrected chi connectivity index (χ0v) is 12.5. The van der Waals surface area contributed by atoms with E-state index in [9.17, 15) is 22.4 Å². The van der Waals surface area contributed by atoms with Gasteiger partial charge in [-0.2, -0.15) is 0 Å². The number of carbonyl (C=O) groups is 1. The van der Waals surface area contributed by atoms with Crippen LogP contribution in [0.3, 0.4) is 0 Å². The minimum Gasteiger partial charge on any atom is -0.444 e. The molecule has 0 radical (unpaired) electrons. The number of halogens is 4. The van der Waals surface area contributed by atoms with Crippen molar-refractivity contribution in [2.75, 3.05) is 13.1 Å². The molecule has 0 spiro atoms. The number of hydrogen-bond donors (Lipinski definition) is 0. The fourth-order valence-electron chi connectivity index (χ4n) is 2.23. The highest BCUT2D eigenvalue weighted by Gasteiger charge is 2.41. The molecule has 1 heterocycles. The molecule has 7 heteroatoms. The Morgan fingerprint density at radius 3 is 2.18 bits per heavy atom. The average molecular weight is 319 g/mol. The third kappa shape index (κ3) is 3.51. The van der Waals surface area contributed by atoms with Crippen molar-refractivity contribution in [3.63, 3.8) is 0 Å². The number of likely N-dealkylation sites (tertiary alicyclic amines) is 1. The van der Waals surface area contributed by atoms with Gasteiger partial charge >= 0.3 is 6.09 Å². The van der Waals surface area contributed by atoms with Gasteiger partial charge < -0.3 is 9.64 Å². The largest absolute Gasteiger partial charge is 0.444 e. The summed E-state index contributed by atoms with van der Waals surface area (Å²) in [5.74, 6) is -4.38. The van der Waals surface area contributed by atoms with E-state index in [2.05, 4.69) is 0 Å². The maximum absolute atomic E-state index is 14.2. The van der Waals surface area contributed by atoms with Crippen LogP contribution in [0.2, 0.25) is 0 Å². The molecular formula is C15H17F4NO2. The van der Waals surface area contributed by atoms with Crippen LogP contribution < -0.4 is 0 Å². The van der Waals surface area contributed by atoms with E-state index in [1.807, 2.05) is 0 Å². The van der Waals surface area contributed by atoms with E-state index in [0.717, 1.165) is 0 Å². The van der Waals surface area contributed by atoms with Crippen LogP contribution in [0.5, 0.6) is 0 Å². The zero-order valence-electron chi connectivity index (χ0n) is 12.5. The Bertz CT molecular complexity index is 556. The second-order valence-corrected chi connectivity index (χ2v) is 6.33. The topological polar surface area (TPSA) is 29.5 Å². The summed E-state index contributed by atoms with van der Waals surface area (Å²) < 4.78 is 59.2. The highest BCUT2D eigenvalue weighted by molar-refractivity contribution is 5.69. The summed E-state index contributed by atoms with van der Waals surface area (Å²) in [6.07, 6.45) is -2.55. The van der Waals surface area contributed by atoms with Crippen LogP contribution in [-0.4, -0.2) is 29.7 Å². The molecular weight excluding hydrogens is 302 g/mol. The van der Waals surface area contributed by atoms with Crippen molar-refractivity contribution >= 4 is 6.09 Å². The highest BCUT2D eigenvalue weighted by atomic mass is 19.2. The Balaban J connectivity index is 2.00. The maximum atomic E-state index is 14.2. The zero-order chi connectivity index (χ0) is 16.7. The lowest BCUT2D eigenvalue weighted by molar-refractivity contribution is -0.0162. The molecule has 1 saturated heterocycles. The van der Waals surface area contributed by atoms with Crippen LogP contribution in [0.25, 0.3) is 0 Å². The number of alkyl halides is 1. The monoisotopic (exact) mass is 319 g/mol. The standard InChI is InChI=1S/C15H17F4NO2/c1-15(2,3)22-14(21)20-6-8(7-20)13(19)12-10(17)4-9(16)5-11(12)18/h4-5,8,13H,6-7H2,1-3H3. The van der Waals surface area contributed by atoms with E-state index >= 15 is 0 Å². The fourth-order valence-corrected chi connectivity index (χ4v) is 2.23. The number of hydrogen-bond acceptors (Lipinski definition) is 2. The van der Waals surface area contributed by atoms with Crippen molar-refractivity contribution in [1.82, 2.24) is 4.90 Å². The first-order valence-corrected chi connectivity index (χ1v) is 6.85. The lowest BCUT2D eigenvalue weighted by Crippen LogP contribution is -2.53. The van der Waals surface area contributed by atoms with Crippen molar-refractivity contribution in [2.24, 2.45) is 5.92 Å². The van der Waals surface area contributed by atoms with Crippen molar-refractivity contribution in [3.8, 4) is 0 Å². The van der Waals surface area contributed by atoms with E-state index in [0.29, 0.717) is 12.1 Å². The van der Waals surface area contributed by atoms with Crippen molar-refractivity contribution < 1.29 is 27.1 Å². The third-order valence-electron chi connectivity index (χ3n) is 3.29. The number of carbonyl (C=O) groups excluding carboxylic acids is 1. The van der Waals surface area contributed by atoms with Gasteiger partial charge in [-0.15, -0.1) is 0 Å². The summed E-state index contributed by atoms with van der Waals surface area (Å²) in [5, 5.41) is 0. The van der Waals surface area contributed by atoms with Crippen LogP contribution in [0.4, 0.5) is 22.4 Å². The van der Waals surface area contributed by atoms with Gasteiger partial charge in [-0.05, 0) is 20.8 Å². The van der Waals surface area contributed by atoms with Gasteiger partial charge in [0, 0.05) is 31.1 Å². The molecule has 0 N–H and O–H groups in total. The lowest BCUT2D eigenvalue weighted by atomic mass is 9.90. The molecule has 1 aliphatic rings. The van der Waals surface area contributed by atoms with E-state index in [-0.39, 0.29) is 13.1 Å². The molecule has 0 aromatic heterocycles. The van der Waals surface area contributed by atoms with Gasteiger partial charge in [-0.3, -0.25) is 0 Å². The van der Waals surface area contributed by atoms with Crippen molar-refractivity contribution in [2.45, 2.75) is 32.5 Å². The number of nitrogens with zero attached hydrogens (tertiary/aromatic N) is 1. The summed E-state index contributed by atoms with van der Waals surface area (Å²) >= 11 is 0. The quantitative estimate of drug-likeness (QED) is 0.772. The normalized spacial score (nSPS) is 17.1. The summed E-state index contributed by atoms with van der Waals surface area (Å²) in [6.45, 7) is 5.08. The second kappa shape index (κ2) is 5.78. The Labute approximate surface area is 125 Å². The van der Waals surface area contributed by atoms with Crippen LogP contribution >= 0.6 is 0 Å². The van der Waals surface area contributed by atoms with Crippen LogP contribution in [0.15, 0.2) is 12.1 Å². The number of benzene rings is 1. The molecule has 1 unspecified atom stereocenters. The highest BCUT2D eigenvalue weighted by Crippen LogP contribution is 2.36. The molecule has 2 rings (SSSR count). The molecule has 22 heavy (non-hydrogen) atoms. The van der Waals surface area contributed by atoms with E-state index in [1.54, 1.807) is 20.8 Å². The fraction of sp³-hybridized carbons (Fsp3) is 0.533. The first kappa shape index (κ1) is 16.6. The van der Waals surface area contributed by atoms with Gasteiger partial charge in [-0.1, -0.05) is 0 Å². The first-order valence-electron chi connectivity index (χ1n) is 6.85. The minimum atomic E-state index is -1.95. The smallest absolute Gasteiger partial charge is 0.410 e. The van der Waals surface area contributed by atoms with E-state index < -0.39 is 46.8 Å². The molecule has 0 saturated carbocycles. The maximum Gasteiger partial charge on any atom is 0.410 e. The van der Waals surface area contributed by atoms with Gasteiger partial charge in [-0.25, -0.2) is 22.4 Å². The van der Waals surface area contributed by atoms with Gasteiger partial charge in [0.25, 0.3) is 0 Å². The molecule has 0 bridgehead atoms. The average Bonchev–Trinajstić information content (AvgIpc) is 2.21. The Kier molecular flexibility index (Phi) is 4.35. The Hall–Kier alpha value is -1.79. The number of rotatable bonds is 2. The summed E-state index contributed by atoms with van der Waals surface area (Å²) in [5.41, 5.74) is -1.47. The molecule has 0 aliphatic carbocycles. The second-order valence-electron chi connectivity index (χ2n) is 6.33. The van der Waals surface area contributed by atoms with Crippen LogP contribution in [0.1, 0.15) is 32.5 Å². The molecule has 1 aromatic rings. The first-order chi connectivity index (χ1) is 10.1. The van der Waals surface area contributed by atoms with Gasteiger partial charge in [0.15, 0.2) is 0 Å². The van der Waals surface area contributed by atoms with Crippen LogP contribution in [0, 0.1) is 23.4 Å².